The molecule has 2 nitrogen and oxygen atoms in total. The fourth-order valence-electron chi connectivity index (χ4n) is 1.75. The molecule has 0 spiro atoms. The zero-order valence-electron chi connectivity index (χ0n) is 9.76. The van der Waals surface area contributed by atoms with Gasteiger partial charge in [-0.2, -0.15) is 5.26 Å². The van der Waals surface area contributed by atoms with Crippen molar-refractivity contribution in [2.75, 3.05) is 5.73 Å². The molecule has 1 aromatic rings. The van der Waals surface area contributed by atoms with Crippen LogP contribution in [0.25, 0.3) is 5.57 Å². The van der Waals surface area contributed by atoms with Crippen molar-refractivity contribution < 1.29 is 0 Å². The van der Waals surface area contributed by atoms with E-state index in [2.05, 4.69) is 12.6 Å². The van der Waals surface area contributed by atoms with Gasteiger partial charge in [-0.3, -0.25) is 0 Å². The van der Waals surface area contributed by atoms with Gasteiger partial charge in [-0.1, -0.05) is 32.0 Å². The van der Waals surface area contributed by atoms with Gasteiger partial charge in [0.05, 0.1) is 10.6 Å². The molecule has 3 heteroatoms. The molecule has 0 aliphatic rings. The standard InChI is InChI=1S/C13H15ClN2/c1-7(2)9-5-11(14)10(6-15)12(8(3)4)13(9)16/h5,8H,1,16H2,2-4H3. The highest BCUT2D eigenvalue weighted by Crippen LogP contribution is 2.36. The molecule has 0 saturated carbocycles. The van der Waals surface area contributed by atoms with Crippen molar-refractivity contribution >= 4 is 22.9 Å². The summed E-state index contributed by atoms with van der Waals surface area (Å²) >= 11 is 6.08. The third-order valence-electron chi connectivity index (χ3n) is 2.51. The van der Waals surface area contributed by atoms with E-state index in [1.807, 2.05) is 20.8 Å². The Balaban J connectivity index is 3.67. The molecular weight excluding hydrogens is 220 g/mol. The highest BCUT2D eigenvalue weighted by Gasteiger charge is 2.17. The van der Waals surface area contributed by atoms with E-state index in [1.54, 1.807) is 6.07 Å². The molecule has 0 fully saturated rings. The summed E-state index contributed by atoms with van der Waals surface area (Å²) in [5, 5.41) is 9.53. The number of hydrogen-bond acceptors (Lipinski definition) is 2. The average molecular weight is 235 g/mol. The van der Waals surface area contributed by atoms with Crippen molar-refractivity contribution in [1.29, 1.82) is 5.26 Å². The van der Waals surface area contributed by atoms with Crippen molar-refractivity contribution in [2.45, 2.75) is 26.7 Å². The number of benzene rings is 1. The lowest BCUT2D eigenvalue weighted by Crippen LogP contribution is -2.04. The van der Waals surface area contributed by atoms with Gasteiger partial charge in [-0.15, -0.1) is 0 Å². The largest absolute Gasteiger partial charge is 0.398 e. The predicted molar refractivity (Wildman–Crippen MR) is 69.4 cm³/mol. The van der Waals surface area contributed by atoms with Crippen molar-refractivity contribution in [2.24, 2.45) is 0 Å². The molecule has 0 aliphatic heterocycles. The van der Waals surface area contributed by atoms with Crippen LogP contribution >= 0.6 is 11.6 Å². The third-order valence-corrected chi connectivity index (χ3v) is 2.81. The molecule has 0 saturated heterocycles. The Morgan fingerprint density at radius 1 is 1.56 bits per heavy atom. The minimum Gasteiger partial charge on any atom is -0.398 e. The summed E-state index contributed by atoms with van der Waals surface area (Å²) in [6, 6.07) is 3.82. The van der Waals surface area contributed by atoms with Gasteiger partial charge in [0.25, 0.3) is 0 Å². The Hall–Kier alpha value is -1.46. The first-order valence-electron chi connectivity index (χ1n) is 5.08. The molecular formula is C13H15ClN2. The number of nitrogens with two attached hydrogens (primary N) is 1. The second kappa shape index (κ2) is 4.59. The van der Waals surface area contributed by atoms with Crippen molar-refractivity contribution in [1.82, 2.24) is 0 Å². The summed E-state index contributed by atoms with van der Waals surface area (Å²) in [6.45, 7) is 9.72. The SMILES string of the molecule is C=C(C)c1cc(Cl)c(C#N)c(C(C)C)c1N. The summed E-state index contributed by atoms with van der Waals surface area (Å²) in [7, 11) is 0. The average Bonchev–Trinajstić information content (AvgIpc) is 2.19. The Bertz CT molecular complexity index is 482. The number of nitrogen functional groups attached to an aromatic ring is 1. The maximum Gasteiger partial charge on any atom is 0.101 e. The number of allylic oxidation sites excluding steroid dienone is 1. The van der Waals surface area contributed by atoms with Gasteiger partial charge in [0.1, 0.15) is 6.07 Å². The minimum atomic E-state index is 0.159. The number of nitrogens with zero attached hydrogens (tertiary/aromatic N) is 1. The molecule has 16 heavy (non-hydrogen) atoms. The van der Waals surface area contributed by atoms with Crippen molar-refractivity contribution in [3.8, 4) is 6.07 Å². The van der Waals surface area contributed by atoms with Crippen LogP contribution in [0.5, 0.6) is 0 Å². The lowest BCUT2D eigenvalue weighted by Gasteiger charge is -2.17. The molecule has 0 amide bonds. The first-order chi connectivity index (χ1) is 7.40. The Morgan fingerprint density at radius 2 is 2.12 bits per heavy atom. The van der Waals surface area contributed by atoms with Crippen LogP contribution in [-0.4, -0.2) is 0 Å². The van der Waals surface area contributed by atoms with E-state index in [0.717, 1.165) is 16.7 Å². The summed E-state index contributed by atoms with van der Waals surface area (Å²) < 4.78 is 0. The first-order valence-corrected chi connectivity index (χ1v) is 5.45. The van der Waals surface area contributed by atoms with Gasteiger partial charge in [-0.25, -0.2) is 0 Å². The quantitative estimate of drug-likeness (QED) is 0.788. The van der Waals surface area contributed by atoms with E-state index in [-0.39, 0.29) is 5.92 Å². The van der Waals surface area contributed by atoms with Crippen LogP contribution in [0.15, 0.2) is 12.6 Å². The molecule has 2 N–H and O–H groups in total. The Kier molecular flexibility index (Phi) is 3.62. The van der Waals surface area contributed by atoms with Gasteiger partial charge in [0, 0.05) is 11.3 Å². The van der Waals surface area contributed by atoms with E-state index < -0.39 is 0 Å². The maximum absolute atomic E-state index is 9.09. The number of rotatable bonds is 2. The number of nitriles is 1. The van der Waals surface area contributed by atoms with Gasteiger partial charge >= 0.3 is 0 Å². The minimum absolute atomic E-state index is 0.159. The molecule has 1 aromatic carbocycles. The molecule has 0 heterocycles. The van der Waals surface area contributed by atoms with Gasteiger partial charge in [0.2, 0.25) is 0 Å². The topological polar surface area (TPSA) is 49.8 Å². The fourth-order valence-corrected chi connectivity index (χ4v) is 2.00. The van der Waals surface area contributed by atoms with Crippen LogP contribution in [0.3, 0.4) is 0 Å². The van der Waals surface area contributed by atoms with E-state index >= 15 is 0 Å². The van der Waals surface area contributed by atoms with Crippen LogP contribution in [0.1, 0.15) is 43.4 Å². The zero-order chi connectivity index (χ0) is 12.5. The third kappa shape index (κ3) is 2.05. The fraction of sp³-hybridized carbons (Fsp3) is 0.308. The molecule has 0 unspecified atom stereocenters. The predicted octanol–water partition coefficient (Wildman–Crippen LogP) is 3.95. The molecule has 0 bridgehead atoms. The monoisotopic (exact) mass is 234 g/mol. The summed E-state index contributed by atoms with van der Waals surface area (Å²) in [5.74, 6) is 0.159. The van der Waals surface area contributed by atoms with Crippen LogP contribution in [0, 0.1) is 11.3 Å². The normalized spacial score (nSPS) is 10.2. The second-order valence-corrected chi connectivity index (χ2v) is 4.56. The van der Waals surface area contributed by atoms with E-state index in [0.29, 0.717) is 16.3 Å². The summed E-state index contributed by atoms with van der Waals surface area (Å²) in [4.78, 5) is 0. The lowest BCUT2D eigenvalue weighted by atomic mass is 9.91. The number of hydrogen-bond donors (Lipinski definition) is 1. The molecule has 0 atom stereocenters. The van der Waals surface area contributed by atoms with Gasteiger partial charge in [-0.05, 0) is 30.0 Å². The zero-order valence-corrected chi connectivity index (χ0v) is 10.5. The van der Waals surface area contributed by atoms with Gasteiger partial charge < -0.3 is 5.73 Å². The highest BCUT2D eigenvalue weighted by atomic mass is 35.5. The second-order valence-electron chi connectivity index (χ2n) is 4.16. The molecule has 0 aromatic heterocycles. The van der Waals surface area contributed by atoms with Crippen LogP contribution < -0.4 is 5.73 Å². The molecule has 0 aliphatic carbocycles. The lowest BCUT2D eigenvalue weighted by molar-refractivity contribution is 0.865. The Labute approximate surface area is 101 Å². The van der Waals surface area contributed by atoms with Crippen molar-refractivity contribution in [3.05, 3.63) is 34.4 Å². The van der Waals surface area contributed by atoms with E-state index in [4.69, 9.17) is 22.6 Å². The van der Waals surface area contributed by atoms with Crippen LogP contribution in [0.2, 0.25) is 5.02 Å². The summed E-state index contributed by atoms with van der Waals surface area (Å²) in [6.07, 6.45) is 0. The summed E-state index contributed by atoms with van der Waals surface area (Å²) in [5.41, 5.74) is 9.64. The molecule has 1 rings (SSSR count). The van der Waals surface area contributed by atoms with Crippen LogP contribution in [-0.2, 0) is 0 Å². The smallest absolute Gasteiger partial charge is 0.101 e. The number of halogens is 1. The van der Waals surface area contributed by atoms with Crippen LogP contribution in [0.4, 0.5) is 5.69 Å². The van der Waals surface area contributed by atoms with Crippen molar-refractivity contribution in [3.63, 3.8) is 0 Å². The van der Waals surface area contributed by atoms with Gasteiger partial charge in [0.15, 0.2) is 0 Å². The maximum atomic E-state index is 9.09. The Morgan fingerprint density at radius 3 is 2.50 bits per heavy atom. The van der Waals surface area contributed by atoms with E-state index in [9.17, 15) is 0 Å². The molecule has 84 valence electrons. The molecule has 0 radical (unpaired) electrons. The first kappa shape index (κ1) is 12.6. The highest BCUT2D eigenvalue weighted by molar-refractivity contribution is 6.32. The number of anilines is 1. The van der Waals surface area contributed by atoms with E-state index in [1.165, 1.54) is 0 Å².